The topological polar surface area (TPSA) is 32.3 Å². The Balaban J connectivity index is 1.29. The lowest BCUT2D eigenvalue weighted by molar-refractivity contribution is -0.121. The van der Waals surface area contributed by atoms with E-state index >= 15 is 0 Å². The Kier molecular flexibility index (Phi) is 7.46. The van der Waals surface area contributed by atoms with Crippen molar-refractivity contribution < 1.29 is 4.79 Å². The molecule has 3 fully saturated rings. The second-order valence-corrected chi connectivity index (χ2v) is 10.2. The third-order valence-electron chi connectivity index (χ3n) is 5.70. The summed E-state index contributed by atoms with van der Waals surface area (Å²) in [6, 6.07) is 0.745. The predicted molar refractivity (Wildman–Crippen MR) is 102 cm³/mol. The number of nitrogens with one attached hydrogen (secondary N) is 1. The summed E-state index contributed by atoms with van der Waals surface area (Å²) in [6.45, 7) is 3.48. The van der Waals surface area contributed by atoms with Gasteiger partial charge in [0.2, 0.25) is 5.91 Å². The van der Waals surface area contributed by atoms with Crippen molar-refractivity contribution in [1.29, 1.82) is 0 Å². The van der Waals surface area contributed by atoms with E-state index in [0.29, 0.717) is 5.92 Å². The summed E-state index contributed by atoms with van der Waals surface area (Å²) in [5.74, 6) is 2.29. The van der Waals surface area contributed by atoms with Gasteiger partial charge in [0.15, 0.2) is 0 Å². The standard InChI is InChI=1S/C18H32N2OS2/c21-18(9-2-1-7-16-10-13-22-23-16)19-14-15-6-5-12-20-11-4-3-8-17(15)20/h15-17H,1-14H2,(H,19,21). The van der Waals surface area contributed by atoms with E-state index in [9.17, 15) is 4.79 Å². The third-order valence-corrected chi connectivity index (χ3v) is 8.70. The fourth-order valence-electron chi connectivity index (χ4n) is 4.37. The molecule has 132 valence electrons. The van der Waals surface area contributed by atoms with E-state index in [4.69, 9.17) is 0 Å². The van der Waals surface area contributed by atoms with Crippen LogP contribution >= 0.6 is 21.6 Å². The zero-order valence-corrected chi connectivity index (χ0v) is 15.9. The monoisotopic (exact) mass is 356 g/mol. The maximum atomic E-state index is 12.1. The number of rotatable bonds is 7. The molecule has 0 bridgehead atoms. The molecule has 5 heteroatoms. The first-order chi connectivity index (χ1) is 11.3. The molecule has 0 aliphatic carbocycles. The molecule has 23 heavy (non-hydrogen) atoms. The van der Waals surface area contributed by atoms with Crippen LogP contribution in [0, 0.1) is 5.92 Å². The van der Waals surface area contributed by atoms with Crippen molar-refractivity contribution in [2.24, 2.45) is 5.92 Å². The molecule has 3 atom stereocenters. The number of fused-ring (bicyclic) bond motifs is 1. The molecule has 0 aromatic rings. The summed E-state index contributed by atoms with van der Waals surface area (Å²) in [4.78, 5) is 14.8. The zero-order valence-electron chi connectivity index (χ0n) is 14.3. The van der Waals surface area contributed by atoms with Gasteiger partial charge in [-0.1, -0.05) is 34.4 Å². The SMILES string of the molecule is O=C(CCCCC1CCSS1)NCC1CCCN2CCCCC12. The second kappa shape index (κ2) is 9.57. The average molecular weight is 357 g/mol. The first-order valence-corrected chi connectivity index (χ1v) is 12.0. The smallest absolute Gasteiger partial charge is 0.220 e. The number of amides is 1. The molecule has 3 rings (SSSR count). The highest BCUT2D eigenvalue weighted by molar-refractivity contribution is 8.77. The van der Waals surface area contributed by atoms with Crippen LogP contribution in [0.25, 0.3) is 0 Å². The predicted octanol–water partition coefficient (Wildman–Crippen LogP) is 4.08. The maximum absolute atomic E-state index is 12.1. The number of unbranched alkanes of at least 4 members (excludes halogenated alkanes) is 1. The van der Waals surface area contributed by atoms with Crippen molar-refractivity contribution >= 4 is 27.5 Å². The van der Waals surface area contributed by atoms with Crippen LogP contribution < -0.4 is 5.32 Å². The Morgan fingerprint density at radius 2 is 2.00 bits per heavy atom. The molecular weight excluding hydrogens is 324 g/mol. The van der Waals surface area contributed by atoms with Crippen LogP contribution in [0.1, 0.15) is 64.2 Å². The quantitative estimate of drug-likeness (QED) is 0.550. The van der Waals surface area contributed by atoms with Gasteiger partial charge in [0.05, 0.1) is 0 Å². The first kappa shape index (κ1) is 17.9. The zero-order chi connectivity index (χ0) is 15.9. The van der Waals surface area contributed by atoms with Crippen molar-refractivity contribution in [3.05, 3.63) is 0 Å². The van der Waals surface area contributed by atoms with Crippen LogP contribution in [0.4, 0.5) is 0 Å². The number of piperidine rings is 2. The number of nitrogens with zero attached hydrogens (tertiary/aromatic N) is 1. The van der Waals surface area contributed by atoms with Gasteiger partial charge in [-0.3, -0.25) is 4.79 Å². The lowest BCUT2D eigenvalue weighted by atomic mass is 9.83. The molecule has 0 aromatic carbocycles. The van der Waals surface area contributed by atoms with Gasteiger partial charge in [0.25, 0.3) is 0 Å². The Morgan fingerprint density at radius 1 is 1.09 bits per heavy atom. The summed E-state index contributed by atoms with van der Waals surface area (Å²) in [6.07, 6.45) is 12.4. The van der Waals surface area contributed by atoms with E-state index in [1.807, 2.05) is 10.8 Å². The summed E-state index contributed by atoms with van der Waals surface area (Å²) in [5, 5.41) is 4.09. The molecule has 3 saturated heterocycles. The molecule has 0 aromatic heterocycles. The molecule has 3 unspecified atom stereocenters. The van der Waals surface area contributed by atoms with Gasteiger partial charge in [-0.25, -0.2) is 0 Å². The van der Waals surface area contributed by atoms with Gasteiger partial charge in [-0.05, 0) is 64.0 Å². The number of carbonyl (C=O) groups excluding carboxylic acids is 1. The number of hydrogen-bond acceptors (Lipinski definition) is 4. The third kappa shape index (κ3) is 5.57. The fourth-order valence-corrected chi connectivity index (χ4v) is 7.40. The van der Waals surface area contributed by atoms with E-state index in [1.165, 1.54) is 70.2 Å². The Hall–Kier alpha value is 0.130. The molecule has 3 nitrogen and oxygen atoms in total. The minimum Gasteiger partial charge on any atom is -0.356 e. The van der Waals surface area contributed by atoms with Crippen LogP contribution in [0.2, 0.25) is 0 Å². The summed E-state index contributed by atoms with van der Waals surface area (Å²) >= 11 is 0. The van der Waals surface area contributed by atoms with Gasteiger partial charge in [-0.15, -0.1) is 0 Å². The second-order valence-electron chi connectivity index (χ2n) is 7.38. The largest absolute Gasteiger partial charge is 0.356 e. The molecule has 3 aliphatic rings. The van der Waals surface area contributed by atoms with Crippen LogP contribution in [-0.2, 0) is 4.79 Å². The highest BCUT2D eigenvalue weighted by Gasteiger charge is 2.32. The van der Waals surface area contributed by atoms with Gasteiger partial charge in [0, 0.05) is 30.0 Å². The first-order valence-electron chi connectivity index (χ1n) is 9.62. The Morgan fingerprint density at radius 3 is 2.87 bits per heavy atom. The van der Waals surface area contributed by atoms with E-state index < -0.39 is 0 Å². The molecule has 3 aliphatic heterocycles. The van der Waals surface area contributed by atoms with E-state index in [1.54, 1.807) is 0 Å². The van der Waals surface area contributed by atoms with E-state index in [-0.39, 0.29) is 5.91 Å². The molecular formula is C18H32N2OS2. The molecule has 0 spiro atoms. The minimum atomic E-state index is 0.284. The van der Waals surface area contributed by atoms with E-state index in [0.717, 1.165) is 30.7 Å². The normalized spacial score (nSPS) is 31.7. The van der Waals surface area contributed by atoms with Gasteiger partial charge < -0.3 is 10.2 Å². The molecule has 3 heterocycles. The summed E-state index contributed by atoms with van der Waals surface area (Å²) in [5.41, 5.74) is 0. The fraction of sp³-hybridized carbons (Fsp3) is 0.944. The van der Waals surface area contributed by atoms with Crippen molar-refractivity contribution in [3.8, 4) is 0 Å². The van der Waals surface area contributed by atoms with Gasteiger partial charge in [0.1, 0.15) is 0 Å². The molecule has 0 radical (unpaired) electrons. The highest BCUT2D eigenvalue weighted by atomic mass is 33.1. The number of hydrogen-bond donors (Lipinski definition) is 1. The Labute approximate surface area is 149 Å². The van der Waals surface area contributed by atoms with Crippen molar-refractivity contribution in [1.82, 2.24) is 10.2 Å². The molecule has 1 amide bonds. The lowest BCUT2D eigenvalue weighted by Gasteiger charge is -2.44. The number of carbonyl (C=O) groups is 1. The van der Waals surface area contributed by atoms with Crippen LogP contribution in [0.15, 0.2) is 0 Å². The van der Waals surface area contributed by atoms with E-state index in [2.05, 4.69) is 21.0 Å². The maximum Gasteiger partial charge on any atom is 0.220 e. The highest BCUT2D eigenvalue weighted by Crippen LogP contribution is 2.39. The van der Waals surface area contributed by atoms with Crippen molar-refractivity contribution in [2.45, 2.75) is 75.5 Å². The molecule has 0 saturated carbocycles. The lowest BCUT2D eigenvalue weighted by Crippen LogP contribution is -2.50. The molecule has 1 N–H and O–H groups in total. The summed E-state index contributed by atoms with van der Waals surface area (Å²) in [7, 11) is 4.07. The summed E-state index contributed by atoms with van der Waals surface area (Å²) < 4.78 is 0. The van der Waals surface area contributed by atoms with Crippen molar-refractivity contribution in [3.63, 3.8) is 0 Å². The van der Waals surface area contributed by atoms with Gasteiger partial charge in [-0.2, -0.15) is 0 Å². The van der Waals surface area contributed by atoms with Crippen LogP contribution in [0.5, 0.6) is 0 Å². The van der Waals surface area contributed by atoms with Crippen molar-refractivity contribution in [2.75, 3.05) is 25.4 Å². The average Bonchev–Trinajstić information content (AvgIpc) is 3.10. The van der Waals surface area contributed by atoms with Gasteiger partial charge >= 0.3 is 0 Å². The van der Waals surface area contributed by atoms with Crippen LogP contribution in [-0.4, -0.2) is 47.5 Å². The Bertz CT molecular complexity index is 372. The van der Waals surface area contributed by atoms with Crippen LogP contribution in [0.3, 0.4) is 0 Å². The minimum absolute atomic E-state index is 0.284.